The third kappa shape index (κ3) is 4.22. The summed E-state index contributed by atoms with van der Waals surface area (Å²) in [5.74, 6) is 0. The first-order valence-electron chi connectivity index (χ1n) is 7.57. The third-order valence-electron chi connectivity index (χ3n) is 4.79. The Hall–Kier alpha value is -0.120. The molecule has 1 aliphatic rings. The second-order valence-corrected chi connectivity index (χ2v) is 6.25. The molecule has 1 atom stereocenters. The average molecular weight is 255 g/mol. The fourth-order valence-electron chi connectivity index (χ4n) is 3.07. The van der Waals surface area contributed by atoms with Gasteiger partial charge in [0.05, 0.1) is 0 Å². The summed E-state index contributed by atoms with van der Waals surface area (Å²) in [5, 5.41) is 3.39. The minimum absolute atomic E-state index is 0.474. The molecular formula is C15H33N3. The summed E-state index contributed by atoms with van der Waals surface area (Å²) in [5.41, 5.74) is 0.474. The number of nitrogens with one attached hydrogen (secondary N) is 1. The number of likely N-dealkylation sites (N-methyl/N-ethyl adjacent to an activating group) is 2. The van der Waals surface area contributed by atoms with Gasteiger partial charge in [0.25, 0.3) is 0 Å². The van der Waals surface area contributed by atoms with E-state index in [1.165, 1.54) is 51.6 Å². The van der Waals surface area contributed by atoms with Crippen LogP contribution in [0.4, 0.5) is 0 Å². The fraction of sp³-hybridized carbons (Fsp3) is 1.00. The van der Waals surface area contributed by atoms with Gasteiger partial charge in [-0.2, -0.15) is 0 Å². The van der Waals surface area contributed by atoms with Crippen LogP contribution in [0.2, 0.25) is 0 Å². The first kappa shape index (κ1) is 15.9. The van der Waals surface area contributed by atoms with Crippen LogP contribution in [0.3, 0.4) is 0 Å². The highest BCUT2D eigenvalue weighted by atomic mass is 15.2. The summed E-state index contributed by atoms with van der Waals surface area (Å²) < 4.78 is 0. The number of hydrogen-bond donors (Lipinski definition) is 1. The monoisotopic (exact) mass is 255 g/mol. The molecule has 18 heavy (non-hydrogen) atoms. The largest absolute Gasteiger partial charge is 0.317 e. The van der Waals surface area contributed by atoms with Gasteiger partial charge in [-0.05, 0) is 73.3 Å². The smallest absolute Gasteiger partial charge is 0.0330 e. The molecule has 0 saturated heterocycles. The van der Waals surface area contributed by atoms with Crippen LogP contribution in [0, 0.1) is 0 Å². The van der Waals surface area contributed by atoms with Gasteiger partial charge in [0.15, 0.2) is 0 Å². The van der Waals surface area contributed by atoms with E-state index in [1.54, 1.807) is 0 Å². The van der Waals surface area contributed by atoms with Gasteiger partial charge in [0.1, 0.15) is 0 Å². The van der Waals surface area contributed by atoms with E-state index < -0.39 is 0 Å². The molecule has 1 unspecified atom stereocenters. The van der Waals surface area contributed by atoms with Gasteiger partial charge < -0.3 is 15.1 Å². The molecular weight excluding hydrogens is 222 g/mol. The summed E-state index contributed by atoms with van der Waals surface area (Å²) in [4.78, 5) is 4.97. The van der Waals surface area contributed by atoms with Crippen LogP contribution in [0.5, 0.6) is 0 Å². The second kappa shape index (κ2) is 7.46. The molecule has 1 fully saturated rings. The predicted molar refractivity (Wildman–Crippen MR) is 80.1 cm³/mol. The van der Waals surface area contributed by atoms with Crippen molar-refractivity contribution in [2.45, 2.75) is 57.0 Å². The molecule has 0 bridgehead atoms. The maximum Gasteiger partial charge on any atom is 0.0330 e. The fourth-order valence-corrected chi connectivity index (χ4v) is 3.07. The molecule has 0 aromatic heterocycles. The van der Waals surface area contributed by atoms with Gasteiger partial charge in [-0.3, -0.25) is 0 Å². The van der Waals surface area contributed by atoms with E-state index >= 15 is 0 Å². The summed E-state index contributed by atoms with van der Waals surface area (Å²) in [6.07, 6.45) is 7.99. The molecule has 0 aliphatic heterocycles. The Morgan fingerprint density at radius 1 is 1.22 bits per heavy atom. The molecule has 1 rings (SSSR count). The van der Waals surface area contributed by atoms with Crippen molar-refractivity contribution < 1.29 is 0 Å². The Balaban J connectivity index is 2.22. The van der Waals surface area contributed by atoms with Crippen molar-refractivity contribution >= 4 is 0 Å². The van der Waals surface area contributed by atoms with Gasteiger partial charge in [-0.25, -0.2) is 0 Å². The highest BCUT2D eigenvalue weighted by Gasteiger charge is 2.39. The van der Waals surface area contributed by atoms with Crippen molar-refractivity contribution in [3.05, 3.63) is 0 Å². The van der Waals surface area contributed by atoms with Gasteiger partial charge in [-0.1, -0.05) is 6.92 Å². The third-order valence-corrected chi connectivity index (χ3v) is 4.79. The summed E-state index contributed by atoms with van der Waals surface area (Å²) in [6, 6.07) is 0.699. The lowest BCUT2D eigenvalue weighted by Gasteiger charge is -2.49. The van der Waals surface area contributed by atoms with E-state index in [0.29, 0.717) is 11.6 Å². The molecule has 1 saturated carbocycles. The molecule has 0 aromatic carbocycles. The van der Waals surface area contributed by atoms with Crippen LogP contribution in [0.1, 0.15) is 45.4 Å². The van der Waals surface area contributed by atoms with E-state index in [0.717, 1.165) is 0 Å². The van der Waals surface area contributed by atoms with E-state index in [1.807, 2.05) is 0 Å². The second-order valence-electron chi connectivity index (χ2n) is 6.25. The minimum atomic E-state index is 0.474. The molecule has 0 amide bonds. The quantitative estimate of drug-likeness (QED) is 0.681. The zero-order valence-electron chi connectivity index (χ0n) is 13.1. The van der Waals surface area contributed by atoms with Crippen LogP contribution in [-0.4, -0.2) is 62.7 Å². The highest BCUT2D eigenvalue weighted by Crippen LogP contribution is 2.36. The lowest BCUT2D eigenvalue weighted by Crippen LogP contribution is -2.56. The molecule has 0 heterocycles. The number of rotatable bonds is 9. The Morgan fingerprint density at radius 3 is 2.28 bits per heavy atom. The molecule has 0 radical (unpaired) electrons. The van der Waals surface area contributed by atoms with Crippen molar-refractivity contribution in [3.8, 4) is 0 Å². The number of nitrogens with zero attached hydrogens (tertiary/aromatic N) is 2. The maximum absolute atomic E-state index is 3.39. The lowest BCUT2D eigenvalue weighted by molar-refractivity contribution is 0.0274. The zero-order valence-corrected chi connectivity index (χ0v) is 13.1. The maximum atomic E-state index is 3.39. The van der Waals surface area contributed by atoms with Crippen molar-refractivity contribution in [1.82, 2.24) is 15.1 Å². The van der Waals surface area contributed by atoms with Crippen LogP contribution in [-0.2, 0) is 0 Å². The Kier molecular flexibility index (Phi) is 6.61. The van der Waals surface area contributed by atoms with Gasteiger partial charge in [0, 0.05) is 18.1 Å². The van der Waals surface area contributed by atoms with Crippen LogP contribution in [0.15, 0.2) is 0 Å². The van der Waals surface area contributed by atoms with Gasteiger partial charge in [0.2, 0.25) is 0 Å². The molecule has 1 N–H and O–H groups in total. The van der Waals surface area contributed by atoms with E-state index in [-0.39, 0.29) is 0 Å². The van der Waals surface area contributed by atoms with E-state index in [9.17, 15) is 0 Å². The molecule has 1 aliphatic carbocycles. The Labute approximate surface area is 114 Å². The van der Waals surface area contributed by atoms with Gasteiger partial charge in [-0.15, -0.1) is 0 Å². The first-order chi connectivity index (χ1) is 8.54. The molecule has 108 valence electrons. The minimum Gasteiger partial charge on any atom is -0.317 e. The van der Waals surface area contributed by atoms with Crippen molar-refractivity contribution in [2.24, 2.45) is 0 Å². The van der Waals surface area contributed by atoms with E-state index in [4.69, 9.17) is 0 Å². The summed E-state index contributed by atoms with van der Waals surface area (Å²) >= 11 is 0. The SMILES string of the molecule is CCC(CCCN(C)CC1(N(C)C)CCC1)NC. The highest BCUT2D eigenvalue weighted by molar-refractivity contribution is 4.97. The first-order valence-corrected chi connectivity index (χ1v) is 7.57. The summed E-state index contributed by atoms with van der Waals surface area (Å²) in [7, 11) is 8.83. The van der Waals surface area contributed by atoms with Crippen molar-refractivity contribution in [1.29, 1.82) is 0 Å². The standard InChI is InChI=1S/C15H33N3/c1-6-14(16-2)9-7-12-18(5)13-15(17(3)4)10-8-11-15/h14,16H,6-13H2,1-5H3. The zero-order chi connectivity index (χ0) is 13.6. The number of hydrogen-bond acceptors (Lipinski definition) is 3. The summed E-state index contributed by atoms with van der Waals surface area (Å²) in [6.45, 7) is 4.73. The van der Waals surface area contributed by atoms with Gasteiger partial charge >= 0.3 is 0 Å². The van der Waals surface area contributed by atoms with Crippen LogP contribution >= 0.6 is 0 Å². The predicted octanol–water partition coefficient (Wildman–Crippen LogP) is 2.18. The van der Waals surface area contributed by atoms with E-state index in [2.05, 4.69) is 50.2 Å². The molecule has 0 spiro atoms. The van der Waals surface area contributed by atoms with Crippen LogP contribution < -0.4 is 5.32 Å². The van der Waals surface area contributed by atoms with Crippen molar-refractivity contribution in [3.63, 3.8) is 0 Å². The Bertz CT molecular complexity index is 220. The molecule has 3 heteroatoms. The van der Waals surface area contributed by atoms with Crippen LogP contribution in [0.25, 0.3) is 0 Å². The molecule has 3 nitrogen and oxygen atoms in total. The lowest BCUT2D eigenvalue weighted by atomic mass is 9.75. The normalized spacial score (nSPS) is 20.2. The average Bonchev–Trinajstić information content (AvgIpc) is 2.29. The van der Waals surface area contributed by atoms with Crippen molar-refractivity contribution in [2.75, 3.05) is 41.3 Å². The molecule has 0 aromatic rings. The Morgan fingerprint density at radius 2 is 1.89 bits per heavy atom. The topological polar surface area (TPSA) is 18.5 Å².